The molecule has 76 valence electrons. The zero-order valence-electron chi connectivity index (χ0n) is 7.03. The molecule has 0 unspecified atom stereocenters. The molecular formula is C8H7BrO4S. The Hall–Kier alpha value is -0.720. The molecule has 1 rings (SSSR count). The van der Waals surface area contributed by atoms with E-state index in [9.17, 15) is 9.59 Å². The minimum absolute atomic E-state index is 0.203. The Balaban J connectivity index is 2.44. The van der Waals surface area contributed by atoms with Gasteiger partial charge in [-0.3, -0.25) is 4.79 Å². The van der Waals surface area contributed by atoms with Crippen LogP contribution in [0.15, 0.2) is 15.9 Å². The van der Waals surface area contributed by atoms with E-state index in [-0.39, 0.29) is 12.4 Å². The van der Waals surface area contributed by atoms with Gasteiger partial charge in [-0.1, -0.05) is 0 Å². The molecule has 0 spiro atoms. The summed E-state index contributed by atoms with van der Waals surface area (Å²) in [5.74, 6) is -1.30. The third-order valence-corrected chi connectivity index (χ3v) is 3.21. The van der Waals surface area contributed by atoms with E-state index in [1.807, 2.05) is 0 Å². The highest BCUT2D eigenvalue weighted by Gasteiger charge is 2.11. The van der Waals surface area contributed by atoms with E-state index < -0.39 is 12.6 Å². The number of hydrogen-bond donors (Lipinski definition) is 1. The van der Waals surface area contributed by atoms with Gasteiger partial charge < -0.3 is 9.84 Å². The SMILES string of the molecule is O=C(O)COCC(=O)c1sccc1Br. The van der Waals surface area contributed by atoms with E-state index in [2.05, 4.69) is 20.7 Å². The molecule has 0 atom stereocenters. The molecule has 0 amide bonds. The molecule has 0 aliphatic heterocycles. The van der Waals surface area contributed by atoms with Crippen molar-refractivity contribution in [3.8, 4) is 0 Å². The molecule has 0 aromatic carbocycles. The summed E-state index contributed by atoms with van der Waals surface area (Å²) in [6.45, 7) is -0.653. The monoisotopic (exact) mass is 278 g/mol. The van der Waals surface area contributed by atoms with E-state index in [0.717, 1.165) is 0 Å². The Labute approximate surface area is 92.6 Å². The summed E-state index contributed by atoms with van der Waals surface area (Å²) in [5.41, 5.74) is 0. The van der Waals surface area contributed by atoms with E-state index in [0.29, 0.717) is 9.35 Å². The second kappa shape index (κ2) is 5.23. The summed E-state index contributed by atoms with van der Waals surface area (Å²) in [4.78, 5) is 22.0. The summed E-state index contributed by atoms with van der Waals surface area (Å²) in [6.07, 6.45) is 0. The van der Waals surface area contributed by atoms with Crippen LogP contribution >= 0.6 is 27.3 Å². The molecule has 1 heterocycles. The average molecular weight is 279 g/mol. The Morgan fingerprint density at radius 2 is 2.21 bits per heavy atom. The Morgan fingerprint density at radius 1 is 1.50 bits per heavy atom. The predicted molar refractivity (Wildman–Crippen MR) is 54.8 cm³/mol. The molecule has 14 heavy (non-hydrogen) atoms. The summed E-state index contributed by atoms with van der Waals surface area (Å²) in [7, 11) is 0. The van der Waals surface area contributed by atoms with Crippen LogP contribution in [0.4, 0.5) is 0 Å². The van der Waals surface area contributed by atoms with Gasteiger partial charge in [0.1, 0.15) is 13.2 Å². The Bertz CT molecular complexity index is 347. The standard InChI is InChI=1S/C8H7BrO4S/c9-5-1-2-14-8(5)6(10)3-13-4-7(11)12/h1-2H,3-4H2,(H,11,12). The van der Waals surface area contributed by atoms with E-state index in [4.69, 9.17) is 5.11 Å². The van der Waals surface area contributed by atoms with Crippen LogP contribution in [0, 0.1) is 0 Å². The molecule has 1 N–H and O–H groups in total. The van der Waals surface area contributed by atoms with Gasteiger partial charge >= 0.3 is 5.97 Å². The first kappa shape index (κ1) is 11.4. The number of rotatable bonds is 5. The lowest BCUT2D eigenvalue weighted by Crippen LogP contribution is -2.13. The summed E-state index contributed by atoms with van der Waals surface area (Å²) >= 11 is 4.50. The van der Waals surface area contributed by atoms with Gasteiger partial charge in [0.15, 0.2) is 5.78 Å². The number of ether oxygens (including phenoxy) is 1. The van der Waals surface area contributed by atoms with Gasteiger partial charge in [-0.25, -0.2) is 4.79 Å². The van der Waals surface area contributed by atoms with Gasteiger partial charge in [0, 0.05) is 4.47 Å². The van der Waals surface area contributed by atoms with Gasteiger partial charge in [0.2, 0.25) is 0 Å². The van der Waals surface area contributed by atoms with Crippen LogP contribution in [0.2, 0.25) is 0 Å². The zero-order valence-corrected chi connectivity index (χ0v) is 9.43. The predicted octanol–water partition coefficient (Wildman–Crippen LogP) is 1.79. The topological polar surface area (TPSA) is 63.6 Å². The first-order valence-corrected chi connectivity index (χ1v) is 5.34. The summed E-state index contributed by atoms with van der Waals surface area (Å²) < 4.78 is 5.39. The second-order valence-electron chi connectivity index (χ2n) is 2.41. The van der Waals surface area contributed by atoms with Gasteiger partial charge in [0.05, 0.1) is 4.88 Å². The Kier molecular flexibility index (Phi) is 4.24. The van der Waals surface area contributed by atoms with Crippen LogP contribution < -0.4 is 0 Å². The number of aliphatic carboxylic acids is 1. The highest BCUT2D eigenvalue weighted by atomic mass is 79.9. The number of Topliss-reactive ketones (excluding diaryl/α,β-unsaturated/α-hetero) is 1. The van der Waals surface area contributed by atoms with Crippen LogP contribution in [-0.2, 0) is 9.53 Å². The fraction of sp³-hybridized carbons (Fsp3) is 0.250. The third-order valence-electron chi connectivity index (χ3n) is 1.33. The lowest BCUT2D eigenvalue weighted by molar-refractivity contribution is -0.141. The van der Waals surface area contributed by atoms with E-state index >= 15 is 0 Å². The van der Waals surface area contributed by atoms with Crippen LogP contribution in [0.25, 0.3) is 0 Å². The lowest BCUT2D eigenvalue weighted by atomic mass is 10.3. The fourth-order valence-electron chi connectivity index (χ4n) is 0.789. The largest absolute Gasteiger partial charge is 0.480 e. The first-order chi connectivity index (χ1) is 6.61. The smallest absolute Gasteiger partial charge is 0.329 e. The molecule has 0 saturated carbocycles. The summed E-state index contributed by atoms with van der Waals surface area (Å²) in [6, 6.07) is 1.76. The minimum atomic E-state index is -1.08. The highest BCUT2D eigenvalue weighted by molar-refractivity contribution is 9.10. The van der Waals surface area contributed by atoms with Crippen molar-refractivity contribution in [2.75, 3.05) is 13.2 Å². The van der Waals surface area contributed by atoms with Crippen LogP contribution in [0.1, 0.15) is 9.67 Å². The number of thiophene rings is 1. The van der Waals surface area contributed by atoms with Crippen LogP contribution in [0.5, 0.6) is 0 Å². The molecule has 1 aromatic heterocycles. The molecule has 6 heteroatoms. The molecule has 0 radical (unpaired) electrons. The second-order valence-corrected chi connectivity index (χ2v) is 4.18. The fourth-order valence-corrected chi connectivity index (χ4v) is 2.31. The number of carboxylic acids is 1. The van der Waals surface area contributed by atoms with Gasteiger partial charge in [-0.2, -0.15) is 0 Å². The van der Waals surface area contributed by atoms with Gasteiger partial charge in [-0.15, -0.1) is 11.3 Å². The van der Waals surface area contributed by atoms with Crippen molar-refractivity contribution in [2.45, 2.75) is 0 Å². The van der Waals surface area contributed by atoms with Crippen molar-refractivity contribution in [1.82, 2.24) is 0 Å². The highest BCUT2D eigenvalue weighted by Crippen LogP contribution is 2.22. The molecule has 0 aliphatic carbocycles. The number of carbonyl (C=O) groups is 2. The van der Waals surface area contributed by atoms with Gasteiger partial charge in [-0.05, 0) is 27.4 Å². The van der Waals surface area contributed by atoms with Gasteiger partial charge in [0.25, 0.3) is 0 Å². The molecule has 0 bridgehead atoms. The Morgan fingerprint density at radius 3 is 2.71 bits per heavy atom. The van der Waals surface area contributed by atoms with Crippen molar-refractivity contribution in [1.29, 1.82) is 0 Å². The summed E-state index contributed by atoms with van der Waals surface area (Å²) in [5, 5.41) is 10.0. The lowest BCUT2D eigenvalue weighted by Gasteiger charge is -1.98. The van der Waals surface area contributed by atoms with Crippen LogP contribution in [-0.4, -0.2) is 30.1 Å². The van der Waals surface area contributed by atoms with Crippen molar-refractivity contribution in [3.63, 3.8) is 0 Å². The number of ketones is 1. The maximum atomic E-state index is 11.4. The maximum absolute atomic E-state index is 11.4. The van der Waals surface area contributed by atoms with E-state index in [1.165, 1.54) is 11.3 Å². The molecule has 0 saturated heterocycles. The third kappa shape index (κ3) is 3.21. The molecule has 4 nitrogen and oxygen atoms in total. The van der Waals surface area contributed by atoms with E-state index in [1.54, 1.807) is 11.4 Å². The molecule has 0 aliphatic rings. The normalized spacial score (nSPS) is 10.1. The van der Waals surface area contributed by atoms with Crippen LogP contribution in [0.3, 0.4) is 0 Å². The quantitative estimate of drug-likeness (QED) is 0.835. The molecule has 0 fully saturated rings. The van der Waals surface area contributed by atoms with Crippen molar-refractivity contribution in [2.24, 2.45) is 0 Å². The van der Waals surface area contributed by atoms with Crippen molar-refractivity contribution < 1.29 is 19.4 Å². The number of carbonyl (C=O) groups excluding carboxylic acids is 1. The van der Waals surface area contributed by atoms with Crippen molar-refractivity contribution in [3.05, 3.63) is 20.8 Å². The van der Waals surface area contributed by atoms with Crippen molar-refractivity contribution >= 4 is 39.0 Å². The average Bonchev–Trinajstić information content (AvgIpc) is 2.50. The number of hydrogen-bond acceptors (Lipinski definition) is 4. The molecule has 1 aromatic rings. The molecular weight excluding hydrogens is 272 g/mol. The zero-order chi connectivity index (χ0) is 10.6. The number of halogens is 1. The maximum Gasteiger partial charge on any atom is 0.329 e. The number of carboxylic acid groups (broad SMARTS) is 1. The first-order valence-electron chi connectivity index (χ1n) is 3.67. The minimum Gasteiger partial charge on any atom is -0.480 e.